The average molecular weight is 299 g/mol. The van der Waals surface area contributed by atoms with Crippen LogP contribution >= 0.6 is 0 Å². The van der Waals surface area contributed by atoms with E-state index in [2.05, 4.69) is 12.1 Å². The fourth-order valence-electron chi connectivity index (χ4n) is 3.08. The number of hydrogen-bond acceptors (Lipinski definition) is 4. The number of methoxy groups -OCH3 is 1. The Bertz CT molecular complexity index is 645. The van der Waals surface area contributed by atoms with Crippen molar-refractivity contribution in [3.8, 4) is 5.75 Å². The van der Waals surface area contributed by atoms with E-state index >= 15 is 0 Å². The van der Waals surface area contributed by atoms with Crippen molar-refractivity contribution >= 4 is 11.5 Å². The highest BCUT2D eigenvalue weighted by Gasteiger charge is 2.43. The lowest BCUT2D eigenvalue weighted by Crippen LogP contribution is -2.37. The molecule has 0 bridgehead atoms. The SMILES string of the molecule is COc1ccc(C2=NO[C@@](C)([C@H]3CC=C(C)C(=O)C3)C2)cc1. The molecular formula is C18H21NO3. The minimum atomic E-state index is -0.401. The summed E-state index contributed by atoms with van der Waals surface area (Å²) in [5, 5.41) is 4.28. The lowest BCUT2D eigenvalue weighted by Gasteiger charge is -2.32. The molecule has 1 aliphatic heterocycles. The molecule has 0 radical (unpaired) electrons. The molecule has 4 nitrogen and oxygen atoms in total. The smallest absolute Gasteiger partial charge is 0.158 e. The first kappa shape index (κ1) is 14.8. The second-order valence-corrected chi connectivity index (χ2v) is 6.29. The van der Waals surface area contributed by atoms with Gasteiger partial charge in [-0.15, -0.1) is 0 Å². The topological polar surface area (TPSA) is 47.9 Å². The Kier molecular flexibility index (Phi) is 3.77. The van der Waals surface area contributed by atoms with E-state index in [4.69, 9.17) is 9.57 Å². The number of carbonyl (C=O) groups is 1. The van der Waals surface area contributed by atoms with Gasteiger partial charge in [-0.05, 0) is 55.7 Å². The molecule has 0 saturated carbocycles. The highest BCUT2D eigenvalue weighted by atomic mass is 16.7. The zero-order chi connectivity index (χ0) is 15.7. The average Bonchev–Trinajstić information content (AvgIpc) is 2.94. The summed E-state index contributed by atoms with van der Waals surface area (Å²) >= 11 is 0. The Balaban J connectivity index is 1.73. The van der Waals surface area contributed by atoms with Crippen LogP contribution in [0.3, 0.4) is 0 Å². The predicted octanol–water partition coefficient (Wildman–Crippen LogP) is 3.50. The highest BCUT2D eigenvalue weighted by molar-refractivity contribution is 6.02. The summed E-state index contributed by atoms with van der Waals surface area (Å²) in [5.74, 6) is 1.23. The van der Waals surface area contributed by atoms with Crippen LogP contribution < -0.4 is 4.74 Å². The van der Waals surface area contributed by atoms with Crippen molar-refractivity contribution in [2.45, 2.75) is 38.7 Å². The van der Waals surface area contributed by atoms with Gasteiger partial charge in [0.2, 0.25) is 0 Å². The number of ketones is 1. The van der Waals surface area contributed by atoms with Crippen molar-refractivity contribution in [1.82, 2.24) is 0 Å². The number of ether oxygens (including phenoxy) is 1. The molecule has 0 saturated heterocycles. The van der Waals surface area contributed by atoms with E-state index in [1.54, 1.807) is 7.11 Å². The summed E-state index contributed by atoms with van der Waals surface area (Å²) < 4.78 is 5.17. The minimum Gasteiger partial charge on any atom is -0.497 e. The molecule has 1 aromatic rings. The number of hydrogen-bond donors (Lipinski definition) is 0. The fraction of sp³-hybridized carbons (Fsp3) is 0.444. The Morgan fingerprint density at radius 1 is 1.32 bits per heavy atom. The van der Waals surface area contributed by atoms with Crippen LogP contribution in [0.15, 0.2) is 41.1 Å². The second kappa shape index (κ2) is 5.59. The Morgan fingerprint density at radius 2 is 2.05 bits per heavy atom. The maximum Gasteiger partial charge on any atom is 0.158 e. The van der Waals surface area contributed by atoms with Gasteiger partial charge in [0.1, 0.15) is 11.4 Å². The van der Waals surface area contributed by atoms with E-state index in [9.17, 15) is 4.79 Å². The monoisotopic (exact) mass is 299 g/mol. The number of benzene rings is 1. The van der Waals surface area contributed by atoms with E-state index in [1.165, 1.54) is 0 Å². The van der Waals surface area contributed by atoms with Crippen LogP contribution in [-0.2, 0) is 9.63 Å². The van der Waals surface area contributed by atoms with Crippen molar-refractivity contribution < 1.29 is 14.4 Å². The van der Waals surface area contributed by atoms with E-state index < -0.39 is 5.60 Å². The lowest BCUT2D eigenvalue weighted by atomic mass is 9.75. The van der Waals surface area contributed by atoms with E-state index in [0.29, 0.717) is 6.42 Å². The summed E-state index contributed by atoms with van der Waals surface area (Å²) in [6.45, 7) is 3.94. The van der Waals surface area contributed by atoms with Gasteiger partial charge in [0.05, 0.1) is 12.8 Å². The van der Waals surface area contributed by atoms with Crippen LogP contribution in [0, 0.1) is 5.92 Å². The quantitative estimate of drug-likeness (QED) is 0.858. The van der Waals surface area contributed by atoms with Gasteiger partial charge in [0, 0.05) is 18.8 Å². The van der Waals surface area contributed by atoms with Gasteiger partial charge in [-0.2, -0.15) is 0 Å². The Hall–Kier alpha value is -2.10. The molecule has 1 aliphatic carbocycles. The summed E-state index contributed by atoms with van der Waals surface area (Å²) in [7, 11) is 1.65. The van der Waals surface area contributed by atoms with Gasteiger partial charge in [0.25, 0.3) is 0 Å². The first-order valence-corrected chi connectivity index (χ1v) is 7.61. The van der Waals surface area contributed by atoms with Crippen molar-refractivity contribution in [1.29, 1.82) is 0 Å². The molecule has 1 aromatic carbocycles. The zero-order valence-electron chi connectivity index (χ0n) is 13.3. The van der Waals surface area contributed by atoms with Gasteiger partial charge in [-0.3, -0.25) is 4.79 Å². The van der Waals surface area contributed by atoms with E-state index in [-0.39, 0.29) is 11.7 Å². The second-order valence-electron chi connectivity index (χ2n) is 6.29. The van der Waals surface area contributed by atoms with Gasteiger partial charge in [0.15, 0.2) is 5.78 Å². The molecule has 0 spiro atoms. The molecule has 0 aromatic heterocycles. The maximum atomic E-state index is 12.0. The summed E-state index contributed by atoms with van der Waals surface area (Å²) in [5.41, 5.74) is 2.44. The van der Waals surface area contributed by atoms with Crippen molar-refractivity contribution in [2.75, 3.05) is 7.11 Å². The maximum absolute atomic E-state index is 12.0. The molecule has 0 amide bonds. The number of oxime groups is 1. The number of Topliss-reactive ketones (excluding diaryl/α,β-unsaturated/α-hetero) is 1. The third kappa shape index (κ3) is 2.65. The van der Waals surface area contributed by atoms with Crippen LogP contribution in [0.4, 0.5) is 0 Å². The van der Waals surface area contributed by atoms with Crippen LogP contribution in [0.2, 0.25) is 0 Å². The normalized spacial score (nSPS) is 28.0. The molecule has 2 atom stereocenters. The molecule has 22 heavy (non-hydrogen) atoms. The van der Waals surface area contributed by atoms with Crippen molar-refractivity contribution in [2.24, 2.45) is 11.1 Å². The molecule has 1 heterocycles. The van der Waals surface area contributed by atoms with Crippen molar-refractivity contribution in [3.05, 3.63) is 41.5 Å². The van der Waals surface area contributed by atoms with Gasteiger partial charge in [-0.25, -0.2) is 0 Å². The fourth-order valence-corrected chi connectivity index (χ4v) is 3.08. The summed E-state index contributed by atoms with van der Waals surface area (Å²) in [6, 6.07) is 7.82. The highest BCUT2D eigenvalue weighted by Crippen LogP contribution is 2.39. The zero-order valence-corrected chi connectivity index (χ0v) is 13.3. The van der Waals surface area contributed by atoms with Crippen LogP contribution in [0.25, 0.3) is 0 Å². The van der Waals surface area contributed by atoms with Crippen molar-refractivity contribution in [3.63, 3.8) is 0 Å². The minimum absolute atomic E-state index is 0.184. The molecule has 116 valence electrons. The van der Waals surface area contributed by atoms with Gasteiger partial charge >= 0.3 is 0 Å². The number of rotatable bonds is 3. The van der Waals surface area contributed by atoms with Crippen LogP contribution in [0.1, 0.15) is 38.7 Å². The Morgan fingerprint density at radius 3 is 2.68 bits per heavy atom. The lowest BCUT2D eigenvalue weighted by molar-refractivity contribution is -0.121. The Labute approximate surface area is 130 Å². The summed E-state index contributed by atoms with van der Waals surface area (Å²) in [6.07, 6.45) is 4.17. The third-order valence-corrected chi connectivity index (χ3v) is 4.75. The molecule has 0 N–H and O–H groups in total. The first-order chi connectivity index (χ1) is 10.5. The number of carbonyl (C=O) groups excluding carboxylic acids is 1. The largest absolute Gasteiger partial charge is 0.497 e. The third-order valence-electron chi connectivity index (χ3n) is 4.75. The van der Waals surface area contributed by atoms with Gasteiger partial charge < -0.3 is 9.57 Å². The molecular weight excluding hydrogens is 278 g/mol. The number of allylic oxidation sites excluding steroid dienone is 2. The molecule has 2 aliphatic rings. The standard InChI is InChI=1S/C18H21NO3/c1-12-4-7-14(10-17(12)20)18(2)11-16(19-22-18)13-5-8-15(21-3)9-6-13/h4-6,8-9,14H,7,10-11H2,1-3H3/t14-,18+/m0/s1. The first-order valence-electron chi connectivity index (χ1n) is 7.61. The van der Waals surface area contributed by atoms with E-state index in [0.717, 1.165) is 35.4 Å². The summed E-state index contributed by atoms with van der Waals surface area (Å²) in [4.78, 5) is 17.7. The van der Waals surface area contributed by atoms with E-state index in [1.807, 2.05) is 37.3 Å². The van der Waals surface area contributed by atoms with Gasteiger partial charge in [-0.1, -0.05) is 11.2 Å². The molecule has 0 fully saturated rings. The van der Waals surface area contributed by atoms with Crippen LogP contribution in [0.5, 0.6) is 5.75 Å². The molecule has 4 heteroatoms. The molecule has 0 unspecified atom stereocenters. The van der Waals surface area contributed by atoms with Crippen LogP contribution in [-0.4, -0.2) is 24.2 Å². The predicted molar refractivity (Wildman–Crippen MR) is 85.1 cm³/mol. The number of nitrogens with zero attached hydrogens (tertiary/aromatic N) is 1. The molecule has 3 rings (SSSR count).